The zero-order chi connectivity index (χ0) is 16.4. The van der Waals surface area contributed by atoms with Gasteiger partial charge >= 0.3 is 0 Å². The molecule has 0 radical (unpaired) electrons. The maximum absolute atomic E-state index is 12.4. The van der Waals surface area contributed by atoms with Crippen LogP contribution in [0.5, 0.6) is 0 Å². The summed E-state index contributed by atoms with van der Waals surface area (Å²) in [5.41, 5.74) is 2.49. The van der Waals surface area contributed by atoms with Crippen molar-refractivity contribution in [2.24, 2.45) is 7.05 Å². The lowest BCUT2D eigenvalue weighted by Gasteiger charge is -2.09. The molecule has 0 saturated heterocycles. The predicted molar refractivity (Wildman–Crippen MR) is 89.3 cm³/mol. The minimum absolute atomic E-state index is 0.125. The topological polar surface area (TPSA) is 64.0 Å². The van der Waals surface area contributed by atoms with E-state index >= 15 is 0 Å². The van der Waals surface area contributed by atoms with Gasteiger partial charge in [0.15, 0.2) is 0 Å². The van der Waals surface area contributed by atoms with Crippen molar-refractivity contribution in [2.75, 3.05) is 0 Å². The van der Waals surface area contributed by atoms with E-state index in [-0.39, 0.29) is 17.0 Å². The van der Waals surface area contributed by atoms with Crippen molar-refractivity contribution in [1.82, 2.24) is 14.9 Å². The van der Waals surface area contributed by atoms with E-state index < -0.39 is 0 Å². The molecule has 3 rings (SSSR count). The maximum atomic E-state index is 12.4. The number of hydrogen-bond donors (Lipinski definition) is 1. The Hall–Kier alpha value is -2.95. The van der Waals surface area contributed by atoms with Gasteiger partial charge in [0.05, 0.1) is 0 Å². The fraction of sp³-hybridized carbons (Fsp3) is 0.167. The molecule has 0 saturated carbocycles. The highest BCUT2D eigenvalue weighted by Crippen LogP contribution is 2.10. The SMILES string of the molecule is Cc1ccc(CNC(=O)c2cc3cccnc3n(C)c2=O)cc1. The molecule has 0 unspecified atom stereocenters. The van der Waals surface area contributed by atoms with E-state index in [1.54, 1.807) is 25.4 Å². The van der Waals surface area contributed by atoms with E-state index in [2.05, 4.69) is 10.3 Å². The van der Waals surface area contributed by atoms with Crippen molar-refractivity contribution in [3.63, 3.8) is 0 Å². The summed E-state index contributed by atoms with van der Waals surface area (Å²) in [6.07, 6.45) is 1.62. The molecule has 0 aliphatic rings. The number of pyridine rings is 2. The summed E-state index contributed by atoms with van der Waals surface area (Å²) in [7, 11) is 1.62. The molecule has 23 heavy (non-hydrogen) atoms. The number of nitrogens with zero attached hydrogens (tertiary/aromatic N) is 2. The predicted octanol–water partition coefficient (Wildman–Crippen LogP) is 2.17. The molecular formula is C18H17N3O2. The molecule has 0 spiro atoms. The van der Waals surface area contributed by atoms with E-state index in [9.17, 15) is 9.59 Å². The fourth-order valence-corrected chi connectivity index (χ4v) is 2.44. The Balaban J connectivity index is 1.87. The van der Waals surface area contributed by atoms with Gasteiger partial charge < -0.3 is 5.32 Å². The summed E-state index contributed by atoms with van der Waals surface area (Å²) in [6, 6.07) is 13.1. The van der Waals surface area contributed by atoms with Crippen LogP contribution in [0.3, 0.4) is 0 Å². The number of aryl methyl sites for hydroxylation is 2. The monoisotopic (exact) mass is 307 g/mol. The first-order chi connectivity index (χ1) is 11.1. The van der Waals surface area contributed by atoms with Crippen LogP contribution in [0.15, 0.2) is 53.5 Å². The van der Waals surface area contributed by atoms with Crippen LogP contribution in [0.2, 0.25) is 0 Å². The second-order valence-electron chi connectivity index (χ2n) is 5.51. The Morgan fingerprint density at radius 3 is 2.70 bits per heavy atom. The van der Waals surface area contributed by atoms with Gasteiger partial charge in [0, 0.05) is 25.2 Å². The number of aromatic nitrogens is 2. The molecule has 2 heterocycles. The maximum Gasteiger partial charge on any atom is 0.264 e. The first-order valence-electron chi connectivity index (χ1n) is 7.35. The molecule has 1 N–H and O–H groups in total. The smallest absolute Gasteiger partial charge is 0.264 e. The minimum atomic E-state index is -0.378. The molecule has 5 nitrogen and oxygen atoms in total. The van der Waals surface area contributed by atoms with Crippen molar-refractivity contribution in [3.8, 4) is 0 Å². The third-order valence-corrected chi connectivity index (χ3v) is 3.79. The first kappa shape index (κ1) is 15.0. The van der Waals surface area contributed by atoms with E-state index in [1.165, 1.54) is 4.57 Å². The molecule has 0 aliphatic heterocycles. The average Bonchev–Trinajstić information content (AvgIpc) is 2.57. The molecule has 3 aromatic rings. The van der Waals surface area contributed by atoms with E-state index in [0.717, 1.165) is 16.5 Å². The Labute approximate surface area is 133 Å². The highest BCUT2D eigenvalue weighted by molar-refractivity contribution is 5.96. The van der Waals surface area contributed by atoms with Crippen LogP contribution in [0.25, 0.3) is 11.0 Å². The Morgan fingerprint density at radius 1 is 1.22 bits per heavy atom. The largest absolute Gasteiger partial charge is 0.348 e. The fourth-order valence-electron chi connectivity index (χ4n) is 2.44. The van der Waals surface area contributed by atoms with Crippen LogP contribution in [0.1, 0.15) is 21.5 Å². The van der Waals surface area contributed by atoms with Gasteiger partial charge in [-0.3, -0.25) is 14.2 Å². The number of benzene rings is 1. The second-order valence-corrected chi connectivity index (χ2v) is 5.51. The third kappa shape index (κ3) is 2.99. The first-order valence-corrected chi connectivity index (χ1v) is 7.35. The van der Waals surface area contributed by atoms with Crippen molar-refractivity contribution in [2.45, 2.75) is 13.5 Å². The van der Waals surface area contributed by atoms with E-state index in [0.29, 0.717) is 12.2 Å². The summed E-state index contributed by atoms with van der Waals surface area (Å²) in [6.45, 7) is 2.39. The molecule has 1 aromatic carbocycles. The summed E-state index contributed by atoms with van der Waals surface area (Å²) < 4.78 is 1.40. The zero-order valence-electron chi connectivity index (χ0n) is 13.0. The normalized spacial score (nSPS) is 10.7. The van der Waals surface area contributed by atoms with Crippen molar-refractivity contribution in [3.05, 3.63) is 75.7 Å². The second kappa shape index (κ2) is 6.04. The van der Waals surface area contributed by atoms with Crippen molar-refractivity contribution in [1.29, 1.82) is 0 Å². The summed E-state index contributed by atoms with van der Waals surface area (Å²) >= 11 is 0. The number of hydrogen-bond acceptors (Lipinski definition) is 3. The standard InChI is InChI=1S/C18H17N3O2/c1-12-5-7-13(8-6-12)11-20-17(22)15-10-14-4-3-9-19-16(14)21(2)18(15)23/h3-10H,11H2,1-2H3,(H,20,22). The lowest BCUT2D eigenvalue weighted by atomic mass is 10.1. The van der Waals surface area contributed by atoms with E-state index in [1.807, 2.05) is 37.3 Å². The van der Waals surface area contributed by atoms with Gasteiger partial charge in [-0.1, -0.05) is 29.8 Å². The molecule has 0 bridgehead atoms. The van der Waals surface area contributed by atoms with Gasteiger partial charge in [-0.15, -0.1) is 0 Å². The molecule has 2 aromatic heterocycles. The number of fused-ring (bicyclic) bond motifs is 1. The number of nitrogens with one attached hydrogen (secondary N) is 1. The molecule has 0 atom stereocenters. The number of carbonyl (C=O) groups excluding carboxylic acids is 1. The highest BCUT2D eigenvalue weighted by Gasteiger charge is 2.14. The Bertz CT molecular complexity index is 927. The summed E-state index contributed by atoms with van der Waals surface area (Å²) in [5.74, 6) is -0.378. The van der Waals surface area contributed by atoms with Crippen molar-refractivity contribution >= 4 is 16.9 Å². The molecular weight excluding hydrogens is 290 g/mol. The van der Waals surface area contributed by atoms with Gasteiger partial charge in [-0.25, -0.2) is 4.98 Å². The van der Waals surface area contributed by atoms with Crippen LogP contribution in [-0.4, -0.2) is 15.5 Å². The van der Waals surface area contributed by atoms with Gasteiger partial charge in [-0.05, 0) is 30.7 Å². The molecule has 5 heteroatoms. The van der Waals surface area contributed by atoms with Crippen LogP contribution < -0.4 is 10.9 Å². The quantitative estimate of drug-likeness (QED) is 0.806. The Kier molecular flexibility index (Phi) is 3.93. The van der Waals surface area contributed by atoms with Crippen LogP contribution in [0, 0.1) is 6.92 Å². The number of rotatable bonds is 3. The van der Waals surface area contributed by atoms with Gasteiger partial charge in [0.2, 0.25) is 0 Å². The molecule has 0 aliphatic carbocycles. The number of carbonyl (C=O) groups is 1. The number of amides is 1. The van der Waals surface area contributed by atoms with Gasteiger partial charge in [0.1, 0.15) is 11.2 Å². The van der Waals surface area contributed by atoms with Crippen LogP contribution in [0.4, 0.5) is 0 Å². The van der Waals surface area contributed by atoms with Gasteiger partial charge in [-0.2, -0.15) is 0 Å². The lowest BCUT2D eigenvalue weighted by molar-refractivity contribution is 0.0949. The average molecular weight is 307 g/mol. The molecule has 1 amide bonds. The van der Waals surface area contributed by atoms with E-state index in [4.69, 9.17) is 0 Å². The lowest BCUT2D eigenvalue weighted by Crippen LogP contribution is -2.32. The van der Waals surface area contributed by atoms with Gasteiger partial charge in [0.25, 0.3) is 11.5 Å². The molecule has 116 valence electrons. The summed E-state index contributed by atoms with van der Waals surface area (Å²) in [4.78, 5) is 28.9. The zero-order valence-corrected chi connectivity index (χ0v) is 13.0. The highest BCUT2D eigenvalue weighted by atomic mass is 16.2. The van der Waals surface area contributed by atoms with Crippen LogP contribution >= 0.6 is 0 Å². The third-order valence-electron chi connectivity index (χ3n) is 3.79. The molecule has 0 fully saturated rings. The summed E-state index contributed by atoms with van der Waals surface area (Å²) in [5, 5.41) is 3.55. The van der Waals surface area contributed by atoms with Crippen molar-refractivity contribution < 1.29 is 4.79 Å². The Morgan fingerprint density at radius 2 is 1.96 bits per heavy atom. The minimum Gasteiger partial charge on any atom is -0.348 e. The van der Waals surface area contributed by atoms with Crippen LogP contribution in [-0.2, 0) is 13.6 Å².